The van der Waals surface area contributed by atoms with E-state index in [1.165, 1.54) is 6.07 Å². The lowest BCUT2D eigenvalue weighted by Gasteiger charge is -2.18. The molecule has 1 aromatic carbocycles. The second-order valence-corrected chi connectivity index (χ2v) is 3.52. The van der Waals surface area contributed by atoms with Crippen LogP contribution in [0.25, 0.3) is 0 Å². The lowest BCUT2D eigenvalue weighted by atomic mass is 10.1. The summed E-state index contributed by atoms with van der Waals surface area (Å²) in [6.07, 6.45) is 0.666. The van der Waals surface area contributed by atoms with Gasteiger partial charge in [0.1, 0.15) is 11.6 Å². The maximum absolute atomic E-state index is 13.6. The predicted molar refractivity (Wildman–Crippen MR) is 54.3 cm³/mol. The molecule has 0 fully saturated rings. The summed E-state index contributed by atoms with van der Waals surface area (Å²) in [7, 11) is 1.85. The Labute approximate surface area is 88.2 Å². The number of ether oxygens (including phenoxy) is 2. The number of benzene rings is 1. The lowest BCUT2D eigenvalue weighted by molar-refractivity contribution is -0.0166. The van der Waals surface area contributed by atoms with Crippen molar-refractivity contribution in [1.29, 1.82) is 0 Å². The van der Waals surface area contributed by atoms with Crippen LogP contribution in [0.2, 0.25) is 0 Å². The van der Waals surface area contributed by atoms with Gasteiger partial charge in [0.05, 0.1) is 6.61 Å². The minimum Gasteiger partial charge on any atom is -0.467 e. The summed E-state index contributed by atoms with van der Waals surface area (Å²) in [5.74, 6) is 0.562. The number of fused-ring (bicyclic) bond motifs is 1. The van der Waals surface area contributed by atoms with Crippen LogP contribution in [0.5, 0.6) is 5.75 Å². The smallest absolute Gasteiger partial charge is 0.189 e. The number of hydrogen-bond donors (Lipinski definition) is 1. The van der Waals surface area contributed by atoms with Crippen molar-refractivity contribution in [1.82, 2.24) is 5.32 Å². The van der Waals surface area contributed by atoms with E-state index in [1.54, 1.807) is 6.07 Å². The molecule has 0 saturated carbocycles. The highest BCUT2D eigenvalue weighted by molar-refractivity contribution is 5.39. The highest BCUT2D eigenvalue weighted by Gasteiger charge is 2.14. The Morgan fingerprint density at radius 1 is 1.47 bits per heavy atom. The fourth-order valence-corrected chi connectivity index (χ4v) is 1.59. The number of nitrogens with one attached hydrogen (secondary N) is 1. The molecule has 1 N–H and O–H groups in total. The van der Waals surface area contributed by atoms with Crippen LogP contribution in [0.4, 0.5) is 4.39 Å². The molecule has 0 amide bonds. The first-order valence-corrected chi connectivity index (χ1v) is 4.97. The van der Waals surface area contributed by atoms with Crippen LogP contribution in [0, 0.1) is 5.82 Å². The van der Waals surface area contributed by atoms with Gasteiger partial charge in [0.25, 0.3) is 0 Å². The number of likely N-dealkylation sites (N-methyl/N-ethyl adjacent to an activating group) is 1. The van der Waals surface area contributed by atoms with Gasteiger partial charge in [0.15, 0.2) is 6.79 Å². The molecule has 1 aromatic rings. The van der Waals surface area contributed by atoms with E-state index in [0.717, 1.165) is 17.9 Å². The second kappa shape index (κ2) is 4.59. The van der Waals surface area contributed by atoms with Gasteiger partial charge in [-0.25, -0.2) is 4.39 Å². The molecule has 0 spiro atoms. The second-order valence-electron chi connectivity index (χ2n) is 3.52. The zero-order valence-corrected chi connectivity index (χ0v) is 8.68. The summed E-state index contributed by atoms with van der Waals surface area (Å²) in [5.41, 5.74) is 1.47. The molecule has 1 heterocycles. The summed E-state index contributed by atoms with van der Waals surface area (Å²) in [4.78, 5) is 0. The van der Waals surface area contributed by atoms with E-state index < -0.39 is 0 Å². The molecule has 2 rings (SSSR count). The van der Waals surface area contributed by atoms with Gasteiger partial charge in [-0.2, -0.15) is 0 Å². The molecule has 15 heavy (non-hydrogen) atoms. The highest BCUT2D eigenvalue weighted by atomic mass is 19.1. The van der Waals surface area contributed by atoms with Crippen LogP contribution in [-0.4, -0.2) is 20.4 Å². The van der Waals surface area contributed by atoms with Crippen LogP contribution >= 0.6 is 0 Å². The van der Waals surface area contributed by atoms with Crippen LogP contribution in [0.3, 0.4) is 0 Å². The monoisotopic (exact) mass is 211 g/mol. The Hall–Kier alpha value is -1.13. The van der Waals surface area contributed by atoms with Gasteiger partial charge < -0.3 is 14.8 Å². The molecular formula is C11H14FNO2. The molecule has 0 aliphatic carbocycles. The van der Waals surface area contributed by atoms with Gasteiger partial charge in [0.2, 0.25) is 0 Å². The third-order valence-electron chi connectivity index (χ3n) is 2.43. The quantitative estimate of drug-likeness (QED) is 0.821. The molecule has 4 heteroatoms. The summed E-state index contributed by atoms with van der Waals surface area (Å²) in [6, 6.07) is 3.27. The minimum atomic E-state index is -0.182. The summed E-state index contributed by atoms with van der Waals surface area (Å²) in [6.45, 7) is 1.44. The van der Waals surface area contributed by atoms with E-state index in [1.807, 2.05) is 7.05 Å². The van der Waals surface area contributed by atoms with E-state index in [2.05, 4.69) is 5.32 Å². The van der Waals surface area contributed by atoms with Crippen molar-refractivity contribution in [2.24, 2.45) is 0 Å². The molecule has 1 aliphatic rings. The van der Waals surface area contributed by atoms with Gasteiger partial charge in [-0.15, -0.1) is 0 Å². The van der Waals surface area contributed by atoms with Crippen molar-refractivity contribution in [2.45, 2.75) is 13.0 Å². The molecule has 0 aromatic heterocycles. The van der Waals surface area contributed by atoms with Crippen LogP contribution in [0.1, 0.15) is 11.1 Å². The number of rotatable bonds is 3. The molecule has 0 atom stereocenters. The molecule has 3 nitrogen and oxygen atoms in total. The normalized spacial score (nSPS) is 14.5. The van der Waals surface area contributed by atoms with E-state index in [9.17, 15) is 4.39 Å². The Bertz CT molecular complexity index is 355. The van der Waals surface area contributed by atoms with Crippen molar-refractivity contribution in [3.63, 3.8) is 0 Å². The minimum absolute atomic E-state index is 0.182. The molecule has 1 aliphatic heterocycles. The van der Waals surface area contributed by atoms with Crippen LogP contribution in [0.15, 0.2) is 12.1 Å². The Morgan fingerprint density at radius 2 is 2.33 bits per heavy atom. The van der Waals surface area contributed by atoms with Crippen molar-refractivity contribution in [3.8, 4) is 5.75 Å². The Morgan fingerprint density at radius 3 is 3.13 bits per heavy atom. The average molecular weight is 211 g/mol. The lowest BCUT2D eigenvalue weighted by Crippen LogP contribution is -2.14. The number of hydrogen-bond acceptors (Lipinski definition) is 3. The first kappa shape index (κ1) is 10.4. The first-order valence-electron chi connectivity index (χ1n) is 4.97. The average Bonchev–Trinajstić information content (AvgIpc) is 2.26. The van der Waals surface area contributed by atoms with Crippen LogP contribution < -0.4 is 10.1 Å². The van der Waals surface area contributed by atoms with E-state index in [0.29, 0.717) is 18.6 Å². The maximum Gasteiger partial charge on any atom is 0.189 e. The molecule has 0 radical (unpaired) electrons. The van der Waals surface area contributed by atoms with E-state index in [-0.39, 0.29) is 12.6 Å². The summed E-state index contributed by atoms with van der Waals surface area (Å²) < 4.78 is 23.9. The van der Waals surface area contributed by atoms with Gasteiger partial charge in [-0.05, 0) is 37.7 Å². The van der Waals surface area contributed by atoms with E-state index in [4.69, 9.17) is 9.47 Å². The Balaban J connectivity index is 2.24. The highest BCUT2D eigenvalue weighted by Crippen LogP contribution is 2.26. The van der Waals surface area contributed by atoms with Crippen molar-refractivity contribution in [3.05, 3.63) is 29.1 Å². The fraction of sp³-hybridized carbons (Fsp3) is 0.455. The van der Waals surface area contributed by atoms with Gasteiger partial charge in [0, 0.05) is 5.56 Å². The zero-order chi connectivity index (χ0) is 10.7. The standard InChI is InChI=1S/C11H14FNO2/c1-13-3-2-8-5-11-9(4-10(8)12)6-14-7-15-11/h4-5,13H,2-3,6-7H2,1H3. The summed E-state index contributed by atoms with van der Waals surface area (Å²) in [5, 5.41) is 2.99. The maximum atomic E-state index is 13.6. The Kier molecular flexibility index (Phi) is 3.18. The number of halogens is 1. The molecule has 0 bridgehead atoms. The molecule has 82 valence electrons. The zero-order valence-electron chi connectivity index (χ0n) is 8.68. The largest absolute Gasteiger partial charge is 0.467 e. The van der Waals surface area contributed by atoms with Gasteiger partial charge in [-0.3, -0.25) is 0 Å². The predicted octanol–water partition coefficient (Wildman–Crippen LogP) is 1.45. The first-order chi connectivity index (χ1) is 7.31. The molecule has 0 saturated heterocycles. The fourth-order valence-electron chi connectivity index (χ4n) is 1.59. The van der Waals surface area contributed by atoms with Crippen molar-refractivity contribution >= 4 is 0 Å². The molecular weight excluding hydrogens is 197 g/mol. The third kappa shape index (κ3) is 2.27. The van der Waals surface area contributed by atoms with Crippen molar-refractivity contribution < 1.29 is 13.9 Å². The molecule has 0 unspecified atom stereocenters. The van der Waals surface area contributed by atoms with E-state index >= 15 is 0 Å². The SMILES string of the molecule is CNCCc1cc2c(cc1F)COCO2. The van der Waals surface area contributed by atoms with Gasteiger partial charge in [-0.1, -0.05) is 0 Å². The van der Waals surface area contributed by atoms with Crippen molar-refractivity contribution in [2.75, 3.05) is 20.4 Å². The summed E-state index contributed by atoms with van der Waals surface area (Å²) >= 11 is 0. The topological polar surface area (TPSA) is 30.5 Å². The van der Waals surface area contributed by atoms with Crippen LogP contribution in [-0.2, 0) is 17.8 Å². The van der Waals surface area contributed by atoms with Gasteiger partial charge >= 0.3 is 0 Å². The third-order valence-corrected chi connectivity index (χ3v) is 2.43.